The van der Waals surface area contributed by atoms with Gasteiger partial charge in [0, 0.05) is 18.5 Å². The van der Waals surface area contributed by atoms with Crippen LogP contribution in [0.5, 0.6) is 5.75 Å². The van der Waals surface area contributed by atoms with Crippen molar-refractivity contribution in [1.29, 1.82) is 0 Å². The molecule has 1 aromatic carbocycles. The maximum Gasteiger partial charge on any atom is 0.235 e. The minimum atomic E-state index is -0.175. The smallest absolute Gasteiger partial charge is 0.235 e. The molecule has 0 saturated carbocycles. The molecular formula is C23H33N7O2S. The molecule has 178 valence electrons. The fourth-order valence-electron chi connectivity index (χ4n) is 3.15. The number of anilines is 1. The third-order valence-corrected chi connectivity index (χ3v) is 6.07. The SMILES string of the molecule is Cc1ccc(C(C)C)c(OCc2nnc(SCC(=O)Nc3cc(C(C)(C)C)nn3C)n2N)c1. The molecule has 0 aliphatic heterocycles. The van der Waals surface area contributed by atoms with Gasteiger partial charge in [-0.05, 0) is 30.0 Å². The molecule has 0 unspecified atom stereocenters. The summed E-state index contributed by atoms with van der Waals surface area (Å²) in [5, 5.41) is 16.0. The molecule has 9 nitrogen and oxygen atoms in total. The van der Waals surface area contributed by atoms with Crippen molar-refractivity contribution in [2.75, 3.05) is 16.9 Å². The second kappa shape index (κ2) is 9.86. The number of aromatic nitrogens is 5. The third kappa shape index (κ3) is 6.07. The van der Waals surface area contributed by atoms with Crippen LogP contribution in [0.3, 0.4) is 0 Å². The Morgan fingerprint density at radius 2 is 1.97 bits per heavy atom. The molecule has 3 N–H and O–H groups in total. The largest absolute Gasteiger partial charge is 0.485 e. The minimum Gasteiger partial charge on any atom is -0.485 e. The van der Waals surface area contributed by atoms with Crippen LogP contribution in [-0.2, 0) is 23.9 Å². The summed E-state index contributed by atoms with van der Waals surface area (Å²) in [4.78, 5) is 12.5. The van der Waals surface area contributed by atoms with E-state index in [0.717, 1.165) is 22.6 Å². The second-order valence-corrected chi connectivity index (χ2v) is 10.3. The molecule has 0 aliphatic carbocycles. The normalized spacial score (nSPS) is 11.8. The quantitative estimate of drug-likeness (QED) is 0.380. The number of carbonyl (C=O) groups is 1. The highest BCUT2D eigenvalue weighted by molar-refractivity contribution is 7.99. The Morgan fingerprint density at radius 1 is 1.24 bits per heavy atom. The first-order valence-corrected chi connectivity index (χ1v) is 11.8. The lowest BCUT2D eigenvalue weighted by Gasteiger charge is -2.14. The first-order chi connectivity index (χ1) is 15.5. The van der Waals surface area contributed by atoms with E-state index in [2.05, 4.69) is 67.4 Å². The van der Waals surface area contributed by atoms with Crippen LogP contribution in [0.4, 0.5) is 5.82 Å². The van der Waals surface area contributed by atoms with Gasteiger partial charge in [-0.25, -0.2) is 4.68 Å². The summed E-state index contributed by atoms with van der Waals surface area (Å²) in [5.74, 6) is 8.39. The van der Waals surface area contributed by atoms with Gasteiger partial charge in [0.15, 0.2) is 5.82 Å². The topological polar surface area (TPSA) is 113 Å². The molecule has 0 spiro atoms. The fourth-order valence-corrected chi connectivity index (χ4v) is 3.83. The Kier molecular flexibility index (Phi) is 7.36. The molecule has 2 heterocycles. The molecule has 1 amide bonds. The summed E-state index contributed by atoms with van der Waals surface area (Å²) in [6, 6.07) is 8.05. The minimum absolute atomic E-state index is 0.0989. The number of ether oxygens (including phenoxy) is 1. The number of rotatable bonds is 8. The Bertz CT molecular complexity index is 1130. The highest BCUT2D eigenvalue weighted by Gasteiger charge is 2.20. The summed E-state index contributed by atoms with van der Waals surface area (Å²) >= 11 is 1.21. The van der Waals surface area contributed by atoms with E-state index in [-0.39, 0.29) is 23.7 Å². The molecule has 3 rings (SSSR count). The first kappa shape index (κ1) is 24.6. The number of hydrogen-bond donors (Lipinski definition) is 2. The molecule has 10 heteroatoms. The van der Waals surface area contributed by atoms with Crippen molar-refractivity contribution in [3.05, 3.63) is 46.9 Å². The van der Waals surface area contributed by atoms with Crippen molar-refractivity contribution in [2.45, 2.75) is 64.6 Å². The van der Waals surface area contributed by atoms with E-state index in [1.54, 1.807) is 11.7 Å². The number of amides is 1. The molecule has 0 atom stereocenters. The molecule has 2 aromatic heterocycles. The van der Waals surface area contributed by atoms with E-state index >= 15 is 0 Å². The van der Waals surface area contributed by atoms with Gasteiger partial charge in [0.1, 0.15) is 18.2 Å². The predicted octanol–water partition coefficient (Wildman–Crippen LogP) is 3.76. The standard InChI is InChI=1S/C23H33N7O2S/c1-14(2)16-9-8-15(3)10-17(16)32-12-20-26-27-22(30(20)24)33-13-21(31)25-19-11-18(23(4,5)6)28-29(19)7/h8-11,14H,12-13,24H2,1-7H3,(H,25,31). The summed E-state index contributed by atoms with van der Waals surface area (Å²) in [6.07, 6.45) is 0. The van der Waals surface area contributed by atoms with Gasteiger partial charge in [-0.2, -0.15) is 5.10 Å². The zero-order valence-electron chi connectivity index (χ0n) is 20.3. The van der Waals surface area contributed by atoms with Crippen LogP contribution in [-0.4, -0.2) is 36.3 Å². The highest BCUT2D eigenvalue weighted by atomic mass is 32.2. The molecular weight excluding hydrogens is 438 g/mol. The summed E-state index contributed by atoms with van der Waals surface area (Å²) in [7, 11) is 1.81. The number of hydrogen-bond acceptors (Lipinski definition) is 7. The molecule has 0 radical (unpaired) electrons. The number of nitrogens with zero attached hydrogens (tertiary/aromatic N) is 5. The van der Waals surface area contributed by atoms with Crippen LogP contribution in [0.15, 0.2) is 29.4 Å². The van der Waals surface area contributed by atoms with Gasteiger partial charge in [-0.15, -0.1) is 10.2 Å². The molecule has 0 aliphatic rings. The van der Waals surface area contributed by atoms with Crippen LogP contribution in [0, 0.1) is 6.92 Å². The number of thioether (sulfide) groups is 1. The maximum atomic E-state index is 12.5. The summed E-state index contributed by atoms with van der Waals surface area (Å²) < 4.78 is 9.04. The summed E-state index contributed by atoms with van der Waals surface area (Å²) in [5.41, 5.74) is 3.06. The second-order valence-electron chi connectivity index (χ2n) is 9.38. The van der Waals surface area contributed by atoms with E-state index < -0.39 is 0 Å². The van der Waals surface area contributed by atoms with E-state index in [4.69, 9.17) is 10.6 Å². The molecule has 0 fully saturated rings. The van der Waals surface area contributed by atoms with Gasteiger partial charge in [-0.1, -0.05) is 58.5 Å². The lowest BCUT2D eigenvalue weighted by atomic mass is 9.92. The molecule has 0 bridgehead atoms. The van der Waals surface area contributed by atoms with Crippen molar-refractivity contribution in [3.8, 4) is 5.75 Å². The van der Waals surface area contributed by atoms with Crippen molar-refractivity contribution >= 4 is 23.5 Å². The maximum absolute atomic E-state index is 12.5. The Morgan fingerprint density at radius 3 is 2.61 bits per heavy atom. The zero-order valence-corrected chi connectivity index (χ0v) is 21.2. The summed E-state index contributed by atoms with van der Waals surface area (Å²) in [6.45, 7) is 12.7. The number of nitrogen functional groups attached to an aromatic ring is 1. The van der Waals surface area contributed by atoms with Crippen LogP contribution in [0.2, 0.25) is 0 Å². The van der Waals surface area contributed by atoms with Gasteiger partial charge >= 0.3 is 0 Å². The van der Waals surface area contributed by atoms with Crippen molar-refractivity contribution in [2.24, 2.45) is 7.05 Å². The third-order valence-electron chi connectivity index (χ3n) is 5.13. The molecule has 33 heavy (non-hydrogen) atoms. The number of carbonyl (C=O) groups excluding carboxylic acids is 1. The number of nitrogens with two attached hydrogens (primary N) is 1. The van der Waals surface area contributed by atoms with E-state index in [1.807, 2.05) is 19.1 Å². The van der Waals surface area contributed by atoms with E-state index in [9.17, 15) is 4.79 Å². The number of nitrogens with one attached hydrogen (secondary N) is 1. The Hall–Kier alpha value is -3.01. The first-order valence-electron chi connectivity index (χ1n) is 10.9. The predicted molar refractivity (Wildman–Crippen MR) is 131 cm³/mol. The lowest BCUT2D eigenvalue weighted by molar-refractivity contribution is -0.113. The van der Waals surface area contributed by atoms with E-state index in [0.29, 0.717) is 22.7 Å². The average Bonchev–Trinajstić information content (AvgIpc) is 3.27. The Labute approximate surface area is 199 Å². The molecule has 0 saturated heterocycles. The average molecular weight is 472 g/mol. The number of benzene rings is 1. The Balaban J connectivity index is 1.59. The van der Waals surface area contributed by atoms with Gasteiger partial charge < -0.3 is 15.9 Å². The van der Waals surface area contributed by atoms with Crippen LogP contribution in [0.1, 0.15) is 63.2 Å². The van der Waals surface area contributed by atoms with Crippen LogP contribution < -0.4 is 15.9 Å². The van der Waals surface area contributed by atoms with Gasteiger partial charge in [0.05, 0.1) is 11.4 Å². The van der Waals surface area contributed by atoms with Gasteiger partial charge in [0.2, 0.25) is 11.1 Å². The van der Waals surface area contributed by atoms with Crippen LogP contribution >= 0.6 is 11.8 Å². The highest BCUT2D eigenvalue weighted by Crippen LogP contribution is 2.28. The van der Waals surface area contributed by atoms with Crippen molar-refractivity contribution in [3.63, 3.8) is 0 Å². The molecule has 3 aromatic rings. The monoisotopic (exact) mass is 471 g/mol. The van der Waals surface area contributed by atoms with Gasteiger partial charge in [-0.3, -0.25) is 9.48 Å². The fraction of sp³-hybridized carbons (Fsp3) is 0.478. The number of aryl methyl sites for hydroxylation is 2. The lowest BCUT2D eigenvalue weighted by Crippen LogP contribution is -2.19. The van der Waals surface area contributed by atoms with Crippen molar-refractivity contribution < 1.29 is 9.53 Å². The van der Waals surface area contributed by atoms with Gasteiger partial charge in [0.25, 0.3) is 0 Å². The zero-order chi connectivity index (χ0) is 24.3. The van der Waals surface area contributed by atoms with E-state index in [1.165, 1.54) is 16.4 Å². The van der Waals surface area contributed by atoms with Crippen molar-refractivity contribution in [1.82, 2.24) is 24.7 Å². The van der Waals surface area contributed by atoms with Crippen LogP contribution in [0.25, 0.3) is 0 Å².